The molecule has 0 radical (unpaired) electrons. The third-order valence-corrected chi connectivity index (χ3v) is 2.55. The molecule has 0 unspecified atom stereocenters. The molecule has 0 saturated carbocycles. The van der Waals surface area contributed by atoms with Gasteiger partial charge in [-0.2, -0.15) is 0 Å². The average molecular weight is 257 g/mol. The standard InChI is InChI=1S/C15H15NO3/c17-11-10-12-6-8-13(9-7-12)16-15(18)19-14-4-2-1-3-5-14/h1-9,17H,10-11H2,(H,16,18). The minimum absolute atomic E-state index is 0.114. The first-order chi connectivity index (χ1) is 9.28. The molecule has 2 rings (SSSR count). The van der Waals surface area contributed by atoms with E-state index >= 15 is 0 Å². The van der Waals surface area contributed by atoms with Gasteiger partial charge in [-0.05, 0) is 36.2 Å². The van der Waals surface area contributed by atoms with E-state index < -0.39 is 6.09 Å². The van der Waals surface area contributed by atoms with Crippen molar-refractivity contribution in [2.75, 3.05) is 11.9 Å². The summed E-state index contributed by atoms with van der Waals surface area (Å²) in [5.41, 5.74) is 1.67. The lowest BCUT2D eigenvalue weighted by atomic mass is 10.1. The number of amides is 1. The number of carbonyl (C=O) groups excluding carboxylic acids is 1. The summed E-state index contributed by atoms with van der Waals surface area (Å²) in [6.07, 6.45) is 0.0791. The third kappa shape index (κ3) is 4.12. The van der Waals surface area contributed by atoms with E-state index in [2.05, 4.69) is 5.32 Å². The van der Waals surface area contributed by atoms with Gasteiger partial charge in [-0.25, -0.2) is 4.79 Å². The van der Waals surface area contributed by atoms with Crippen LogP contribution in [0.1, 0.15) is 5.56 Å². The second kappa shape index (κ2) is 6.56. The molecule has 0 aliphatic rings. The Morgan fingerprint density at radius 1 is 1.05 bits per heavy atom. The van der Waals surface area contributed by atoms with E-state index in [4.69, 9.17) is 9.84 Å². The first-order valence-electron chi connectivity index (χ1n) is 6.01. The summed E-state index contributed by atoms with van der Waals surface area (Å²) in [6, 6.07) is 16.1. The zero-order valence-electron chi connectivity index (χ0n) is 10.4. The molecule has 0 atom stereocenters. The van der Waals surface area contributed by atoms with Crippen LogP contribution in [-0.2, 0) is 6.42 Å². The molecule has 2 N–H and O–H groups in total. The summed E-state index contributed by atoms with van der Waals surface area (Å²) in [6.45, 7) is 0.114. The summed E-state index contributed by atoms with van der Waals surface area (Å²) in [7, 11) is 0. The van der Waals surface area contributed by atoms with E-state index in [0.29, 0.717) is 17.9 Å². The van der Waals surface area contributed by atoms with Gasteiger partial charge in [0.2, 0.25) is 0 Å². The van der Waals surface area contributed by atoms with Gasteiger partial charge in [-0.1, -0.05) is 30.3 Å². The Morgan fingerprint density at radius 3 is 2.37 bits per heavy atom. The van der Waals surface area contributed by atoms with Crippen molar-refractivity contribution in [3.05, 3.63) is 60.2 Å². The number of benzene rings is 2. The zero-order chi connectivity index (χ0) is 13.5. The molecule has 0 aliphatic heterocycles. The van der Waals surface area contributed by atoms with Crippen molar-refractivity contribution >= 4 is 11.8 Å². The number of hydrogen-bond acceptors (Lipinski definition) is 3. The average Bonchev–Trinajstić information content (AvgIpc) is 2.42. The monoisotopic (exact) mass is 257 g/mol. The smallest absolute Gasteiger partial charge is 0.410 e. The van der Waals surface area contributed by atoms with Crippen LogP contribution in [0.4, 0.5) is 10.5 Å². The van der Waals surface area contributed by atoms with Crippen molar-refractivity contribution in [3.8, 4) is 5.75 Å². The first kappa shape index (κ1) is 13.1. The Bertz CT molecular complexity index is 523. The van der Waals surface area contributed by atoms with E-state index in [1.807, 2.05) is 18.2 Å². The second-order valence-electron chi connectivity index (χ2n) is 4.00. The van der Waals surface area contributed by atoms with E-state index in [1.165, 1.54) is 0 Å². The van der Waals surface area contributed by atoms with Gasteiger partial charge in [0, 0.05) is 12.3 Å². The van der Waals surface area contributed by atoms with Gasteiger partial charge in [0.25, 0.3) is 0 Å². The number of aliphatic hydroxyl groups is 1. The van der Waals surface area contributed by atoms with Crippen LogP contribution in [-0.4, -0.2) is 17.8 Å². The Hall–Kier alpha value is -2.33. The molecule has 0 spiro atoms. The summed E-state index contributed by atoms with van der Waals surface area (Å²) >= 11 is 0. The van der Waals surface area contributed by atoms with Gasteiger partial charge >= 0.3 is 6.09 Å². The van der Waals surface area contributed by atoms with Gasteiger partial charge in [-0.3, -0.25) is 5.32 Å². The maximum Gasteiger partial charge on any atom is 0.417 e. The lowest BCUT2D eigenvalue weighted by Crippen LogP contribution is -2.16. The van der Waals surface area contributed by atoms with Crippen LogP contribution in [0.3, 0.4) is 0 Å². The van der Waals surface area contributed by atoms with Crippen molar-refractivity contribution in [1.29, 1.82) is 0 Å². The molecule has 1 amide bonds. The molecule has 98 valence electrons. The third-order valence-electron chi connectivity index (χ3n) is 2.55. The fourth-order valence-electron chi connectivity index (χ4n) is 1.62. The fourth-order valence-corrected chi connectivity index (χ4v) is 1.62. The van der Waals surface area contributed by atoms with E-state index in [9.17, 15) is 4.79 Å². The van der Waals surface area contributed by atoms with E-state index in [1.54, 1.807) is 36.4 Å². The molecule has 2 aromatic rings. The maximum absolute atomic E-state index is 11.6. The molecular formula is C15H15NO3. The largest absolute Gasteiger partial charge is 0.417 e. The number of aliphatic hydroxyl groups excluding tert-OH is 1. The molecular weight excluding hydrogens is 242 g/mol. The summed E-state index contributed by atoms with van der Waals surface area (Å²) < 4.78 is 5.11. The van der Waals surface area contributed by atoms with Crippen LogP contribution in [0, 0.1) is 0 Å². The van der Waals surface area contributed by atoms with Crippen molar-refractivity contribution < 1.29 is 14.6 Å². The van der Waals surface area contributed by atoms with Crippen LogP contribution >= 0.6 is 0 Å². The Kier molecular flexibility index (Phi) is 4.53. The fraction of sp³-hybridized carbons (Fsp3) is 0.133. The number of carbonyl (C=O) groups is 1. The van der Waals surface area contributed by atoms with Gasteiger partial charge in [0.05, 0.1) is 0 Å². The van der Waals surface area contributed by atoms with Crippen molar-refractivity contribution in [2.24, 2.45) is 0 Å². The molecule has 0 bridgehead atoms. The highest BCUT2D eigenvalue weighted by Crippen LogP contribution is 2.12. The molecule has 19 heavy (non-hydrogen) atoms. The predicted octanol–water partition coefficient (Wildman–Crippen LogP) is 2.83. The van der Waals surface area contributed by atoms with Crippen molar-refractivity contribution in [3.63, 3.8) is 0 Å². The van der Waals surface area contributed by atoms with E-state index in [0.717, 1.165) is 5.56 Å². The summed E-state index contributed by atoms with van der Waals surface area (Å²) in [5.74, 6) is 0.497. The highest BCUT2D eigenvalue weighted by Gasteiger charge is 2.04. The van der Waals surface area contributed by atoms with Crippen molar-refractivity contribution in [2.45, 2.75) is 6.42 Å². The molecule has 0 fully saturated rings. The number of para-hydroxylation sites is 1. The zero-order valence-corrected chi connectivity index (χ0v) is 10.4. The van der Waals surface area contributed by atoms with Crippen LogP contribution < -0.4 is 10.1 Å². The minimum atomic E-state index is -0.527. The molecule has 2 aromatic carbocycles. The van der Waals surface area contributed by atoms with Gasteiger partial charge in [0.15, 0.2) is 0 Å². The SMILES string of the molecule is O=C(Nc1ccc(CCO)cc1)Oc1ccccc1. The predicted molar refractivity (Wildman–Crippen MR) is 73.3 cm³/mol. The topological polar surface area (TPSA) is 58.6 Å². The summed E-state index contributed by atoms with van der Waals surface area (Å²) in [4.78, 5) is 11.6. The van der Waals surface area contributed by atoms with Crippen LogP contribution in [0.2, 0.25) is 0 Å². The highest BCUT2D eigenvalue weighted by molar-refractivity contribution is 5.86. The quantitative estimate of drug-likeness (QED) is 0.885. The molecule has 0 aromatic heterocycles. The molecule has 0 aliphatic carbocycles. The molecule has 0 saturated heterocycles. The van der Waals surface area contributed by atoms with Gasteiger partial charge in [-0.15, -0.1) is 0 Å². The number of anilines is 1. The highest BCUT2D eigenvalue weighted by atomic mass is 16.6. The Balaban J connectivity index is 1.91. The maximum atomic E-state index is 11.6. The van der Waals surface area contributed by atoms with Gasteiger partial charge < -0.3 is 9.84 Å². The Morgan fingerprint density at radius 2 is 1.74 bits per heavy atom. The lowest BCUT2D eigenvalue weighted by molar-refractivity contribution is 0.215. The van der Waals surface area contributed by atoms with Crippen molar-refractivity contribution in [1.82, 2.24) is 0 Å². The second-order valence-corrected chi connectivity index (χ2v) is 4.00. The summed E-state index contributed by atoms with van der Waals surface area (Å²) in [5, 5.41) is 11.4. The minimum Gasteiger partial charge on any atom is -0.410 e. The van der Waals surface area contributed by atoms with Crippen LogP contribution in [0.5, 0.6) is 5.75 Å². The van der Waals surface area contributed by atoms with E-state index in [-0.39, 0.29) is 6.61 Å². The van der Waals surface area contributed by atoms with Crippen LogP contribution in [0.15, 0.2) is 54.6 Å². The first-order valence-corrected chi connectivity index (χ1v) is 6.01. The number of ether oxygens (including phenoxy) is 1. The molecule has 4 nitrogen and oxygen atoms in total. The van der Waals surface area contributed by atoms with Crippen LogP contribution in [0.25, 0.3) is 0 Å². The molecule has 0 heterocycles. The normalized spacial score (nSPS) is 9.95. The number of hydrogen-bond donors (Lipinski definition) is 2. The van der Waals surface area contributed by atoms with Gasteiger partial charge in [0.1, 0.15) is 5.75 Å². The number of rotatable bonds is 4. The Labute approximate surface area is 111 Å². The number of nitrogens with one attached hydrogen (secondary N) is 1. The molecule has 4 heteroatoms. The lowest BCUT2D eigenvalue weighted by Gasteiger charge is -2.07.